The van der Waals surface area contributed by atoms with Gasteiger partial charge in [-0.05, 0) is 58.1 Å². The monoisotopic (exact) mass is 546 g/mol. The molecule has 2 aromatic carbocycles. The summed E-state index contributed by atoms with van der Waals surface area (Å²) in [7, 11) is 0. The third-order valence-electron chi connectivity index (χ3n) is 7.36. The molecule has 0 bridgehead atoms. The van der Waals surface area contributed by atoms with Gasteiger partial charge >= 0.3 is 0 Å². The Bertz CT molecular complexity index is 854. The maximum absolute atomic E-state index is 4.14. The van der Waals surface area contributed by atoms with Gasteiger partial charge in [0.1, 0.15) is 0 Å². The van der Waals surface area contributed by atoms with Crippen molar-refractivity contribution in [1.82, 2.24) is 0 Å². The third kappa shape index (κ3) is 5.67. The molecular weight excluding hydrogens is 508 g/mol. The molecule has 0 spiro atoms. The Balaban J connectivity index is 2.05. The van der Waals surface area contributed by atoms with Crippen LogP contribution in [0.4, 0.5) is 0 Å². The summed E-state index contributed by atoms with van der Waals surface area (Å²) in [5, 5.41) is 0. The van der Waals surface area contributed by atoms with Crippen molar-refractivity contribution < 1.29 is 0 Å². The van der Waals surface area contributed by atoms with Gasteiger partial charge in [-0.25, -0.2) is 0 Å². The summed E-state index contributed by atoms with van der Waals surface area (Å²) in [6.07, 6.45) is 13.0. The molecule has 2 heteroatoms. The molecule has 0 radical (unpaired) electrons. The van der Waals surface area contributed by atoms with Crippen molar-refractivity contribution in [3.63, 3.8) is 0 Å². The number of rotatable bonds is 12. The Kier molecular flexibility index (Phi) is 9.71. The minimum atomic E-state index is 0.290. The molecule has 2 aromatic rings. The predicted molar refractivity (Wildman–Crippen MR) is 144 cm³/mol. The average molecular weight is 548 g/mol. The largest absolute Gasteiger partial charge is 0.0786 e. The average Bonchev–Trinajstić information content (AvgIpc) is 3.08. The van der Waals surface area contributed by atoms with Crippen molar-refractivity contribution in [2.75, 3.05) is 0 Å². The van der Waals surface area contributed by atoms with Crippen molar-refractivity contribution in [3.8, 4) is 11.1 Å². The summed E-state index contributed by atoms with van der Waals surface area (Å²) >= 11 is 8.18. The van der Waals surface area contributed by atoms with Crippen molar-refractivity contribution in [3.05, 3.63) is 57.1 Å². The summed E-state index contributed by atoms with van der Waals surface area (Å²) in [6, 6.07) is 11.5. The molecule has 31 heavy (non-hydrogen) atoms. The number of benzene rings is 2. The lowest BCUT2D eigenvalue weighted by molar-refractivity contribution is 0.433. The van der Waals surface area contributed by atoms with E-state index in [4.69, 9.17) is 0 Å². The van der Waals surface area contributed by atoms with Crippen molar-refractivity contribution >= 4 is 31.9 Å². The van der Waals surface area contributed by atoms with Gasteiger partial charge in [0.05, 0.1) is 4.83 Å². The summed E-state index contributed by atoms with van der Waals surface area (Å²) in [5.41, 5.74) is 8.90. The normalized spacial score (nSPS) is 16.8. The zero-order valence-electron chi connectivity index (χ0n) is 19.9. The molecule has 3 unspecified atom stereocenters. The number of hydrogen-bond acceptors (Lipinski definition) is 0. The Hall–Kier alpha value is -0.600. The van der Waals surface area contributed by atoms with E-state index in [9.17, 15) is 0 Å². The lowest BCUT2D eigenvalue weighted by Gasteiger charge is -2.24. The summed E-state index contributed by atoms with van der Waals surface area (Å²) in [4.78, 5) is 0.290. The second-order valence-corrected chi connectivity index (χ2v) is 11.2. The van der Waals surface area contributed by atoms with Crippen LogP contribution in [-0.2, 0) is 12.8 Å². The quantitative estimate of drug-likeness (QED) is 0.232. The van der Waals surface area contributed by atoms with Crippen LogP contribution >= 0.6 is 31.9 Å². The van der Waals surface area contributed by atoms with E-state index < -0.39 is 0 Å². The summed E-state index contributed by atoms with van der Waals surface area (Å²) < 4.78 is 1.37. The van der Waals surface area contributed by atoms with Crippen LogP contribution in [0.15, 0.2) is 34.8 Å². The highest BCUT2D eigenvalue weighted by Crippen LogP contribution is 2.52. The van der Waals surface area contributed by atoms with Crippen LogP contribution in [0.25, 0.3) is 11.1 Å². The number of fused-ring (bicyclic) bond motifs is 3. The van der Waals surface area contributed by atoms with E-state index in [2.05, 4.69) is 89.9 Å². The van der Waals surface area contributed by atoms with Crippen molar-refractivity contribution in [2.45, 2.75) is 96.7 Å². The predicted octanol–water partition coefficient (Wildman–Crippen LogP) is 10.4. The molecule has 1 aliphatic rings. The van der Waals surface area contributed by atoms with E-state index in [-0.39, 0.29) is 0 Å². The maximum atomic E-state index is 4.14. The molecule has 0 aliphatic heterocycles. The smallest absolute Gasteiger partial charge is 0.0667 e. The van der Waals surface area contributed by atoms with Crippen LogP contribution in [-0.4, -0.2) is 0 Å². The van der Waals surface area contributed by atoms with Crippen LogP contribution < -0.4 is 0 Å². The maximum Gasteiger partial charge on any atom is 0.0667 e. The number of alkyl halides is 1. The summed E-state index contributed by atoms with van der Waals surface area (Å²) in [6.45, 7) is 9.38. The summed E-state index contributed by atoms with van der Waals surface area (Å²) in [5.74, 6) is 1.57. The lowest BCUT2D eigenvalue weighted by Crippen LogP contribution is -2.12. The molecule has 0 nitrogen and oxygen atoms in total. The molecule has 0 aromatic heterocycles. The highest BCUT2D eigenvalue weighted by molar-refractivity contribution is 9.11. The molecule has 0 fully saturated rings. The molecule has 3 rings (SSSR count). The SMILES string of the molecule is CCCCC(CC)Cc1cc2c(c(Br)c1CC(CC)CCCC)C(Br)c1ccccc1-2. The molecular formula is C29H40Br2. The Morgan fingerprint density at radius 1 is 0.839 bits per heavy atom. The van der Waals surface area contributed by atoms with Gasteiger partial charge in [0.25, 0.3) is 0 Å². The van der Waals surface area contributed by atoms with E-state index in [1.54, 1.807) is 11.1 Å². The number of hydrogen-bond donors (Lipinski definition) is 0. The zero-order valence-corrected chi connectivity index (χ0v) is 23.1. The van der Waals surface area contributed by atoms with E-state index in [0.717, 1.165) is 11.8 Å². The van der Waals surface area contributed by atoms with Crippen molar-refractivity contribution in [1.29, 1.82) is 0 Å². The van der Waals surface area contributed by atoms with E-state index in [0.29, 0.717) is 4.83 Å². The fourth-order valence-corrected chi connectivity index (χ4v) is 7.28. The van der Waals surface area contributed by atoms with Gasteiger partial charge in [-0.2, -0.15) is 0 Å². The van der Waals surface area contributed by atoms with Gasteiger partial charge in [0, 0.05) is 4.47 Å². The zero-order chi connectivity index (χ0) is 22.4. The minimum Gasteiger partial charge on any atom is -0.0786 e. The fraction of sp³-hybridized carbons (Fsp3) is 0.586. The highest BCUT2D eigenvalue weighted by atomic mass is 79.9. The molecule has 0 heterocycles. The molecule has 3 atom stereocenters. The minimum absolute atomic E-state index is 0.290. The van der Waals surface area contributed by atoms with Gasteiger partial charge in [0.15, 0.2) is 0 Å². The first-order valence-electron chi connectivity index (χ1n) is 12.6. The van der Waals surface area contributed by atoms with Crippen LogP contribution in [0.3, 0.4) is 0 Å². The fourth-order valence-electron chi connectivity index (χ4n) is 5.24. The third-order valence-corrected chi connectivity index (χ3v) is 9.22. The topological polar surface area (TPSA) is 0 Å². The standard InChI is InChI=1S/C29H40Br2/c1-5-9-13-20(7-3)17-22-19-26-23-15-11-12-16-24(23)28(30)27(26)29(31)25(22)18-21(8-4)14-10-6-2/h11-12,15-16,19-21,28H,5-10,13-14,17-18H2,1-4H3. The lowest BCUT2D eigenvalue weighted by atomic mass is 9.83. The Morgan fingerprint density at radius 3 is 2.06 bits per heavy atom. The van der Waals surface area contributed by atoms with Gasteiger partial charge in [-0.15, -0.1) is 0 Å². The first-order valence-corrected chi connectivity index (χ1v) is 14.3. The van der Waals surface area contributed by atoms with Crippen LogP contribution in [0.5, 0.6) is 0 Å². The van der Waals surface area contributed by atoms with Crippen LogP contribution in [0.2, 0.25) is 0 Å². The van der Waals surface area contributed by atoms with Gasteiger partial charge in [-0.1, -0.05) is 141 Å². The molecule has 0 N–H and O–H groups in total. The first kappa shape index (κ1) is 25.0. The van der Waals surface area contributed by atoms with Crippen molar-refractivity contribution in [2.24, 2.45) is 11.8 Å². The Labute approximate surface area is 207 Å². The first-order chi connectivity index (χ1) is 15.0. The second-order valence-electron chi connectivity index (χ2n) is 9.48. The van der Waals surface area contributed by atoms with Crippen LogP contribution in [0, 0.1) is 11.8 Å². The second kappa shape index (κ2) is 12.0. The van der Waals surface area contributed by atoms with Gasteiger partial charge in [-0.3, -0.25) is 0 Å². The molecule has 1 aliphatic carbocycles. The Morgan fingerprint density at radius 2 is 1.45 bits per heavy atom. The van der Waals surface area contributed by atoms with Gasteiger partial charge < -0.3 is 0 Å². The number of halogens is 2. The molecule has 0 amide bonds. The molecule has 0 saturated heterocycles. The van der Waals surface area contributed by atoms with E-state index in [1.807, 2.05) is 0 Å². The van der Waals surface area contributed by atoms with Gasteiger partial charge in [0.2, 0.25) is 0 Å². The van der Waals surface area contributed by atoms with E-state index in [1.165, 1.54) is 90.9 Å². The van der Waals surface area contributed by atoms with Crippen LogP contribution in [0.1, 0.15) is 106 Å². The highest BCUT2D eigenvalue weighted by Gasteiger charge is 2.31. The number of unbranched alkanes of at least 4 members (excludes halogenated alkanes) is 2. The molecule has 170 valence electrons. The van der Waals surface area contributed by atoms with E-state index >= 15 is 0 Å². The molecule has 0 saturated carbocycles.